The van der Waals surface area contributed by atoms with E-state index in [0.717, 1.165) is 10.9 Å². The van der Waals surface area contributed by atoms with Gasteiger partial charge in [0.25, 0.3) is 0 Å². The van der Waals surface area contributed by atoms with Crippen LogP contribution in [0.4, 0.5) is 0 Å². The fourth-order valence-corrected chi connectivity index (χ4v) is 7.95. The number of methoxy groups -OCH3 is 1. The lowest BCUT2D eigenvalue weighted by molar-refractivity contribution is -0.135. The topological polar surface area (TPSA) is 456 Å². The van der Waals surface area contributed by atoms with Crippen molar-refractivity contribution >= 4 is 70.1 Å². The number of nitrogens with one attached hydrogen (secondary N) is 7. The summed E-state index contributed by atoms with van der Waals surface area (Å²) in [6.45, 7) is 1.57. The number of aromatic hydroxyl groups is 1. The molecule has 0 spiro atoms. The number of hydrogen-bond acceptors (Lipinski definition) is 12. The Morgan fingerprint density at radius 1 is 0.526 bits per heavy atom. The zero-order valence-electron chi connectivity index (χ0n) is 42.6. The fraction of sp³-hybridized carbons (Fsp3) is 0.400. The van der Waals surface area contributed by atoms with Crippen molar-refractivity contribution in [3.05, 3.63) is 95.7 Å². The third-order valence-electron chi connectivity index (χ3n) is 11.8. The molecule has 0 radical (unpaired) electrons. The molecule has 7 amide bonds. The van der Waals surface area contributed by atoms with Crippen LogP contribution in [0.3, 0.4) is 0 Å². The number of nitrogens with two attached hydrogens (primary N) is 7. The SMILES string of the molecule is COc1ccc(C[C@H](NC(=O)[C@H](CCCN=C(N)N)NC(C)=O)C(=O)N[C@@H](Cc2ccc(O)cc2)C(=O)N[C@@H](CCCN=C(N)N)C(=O)N[C@@H](Cc2c[nH]c3ccccc23)C(=O)N[C@@H](CCCN=C(N)N)C(N)=O)cc1. The number of H-pyrrole nitrogens is 1. The minimum Gasteiger partial charge on any atom is -0.508 e. The minimum atomic E-state index is -1.45. The number of phenols is 1. The van der Waals surface area contributed by atoms with Gasteiger partial charge in [0.05, 0.1) is 7.11 Å². The highest BCUT2D eigenvalue weighted by Crippen LogP contribution is 2.20. The maximum atomic E-state index is 14.8. The van der Waals surface area contributed by atoms with E-state index in [1.165, 1.54) is 38.3 Å². The zero-order valence-corrected chi connectivity index (χ0v) is 42.6. The van der Waals surface area contributed by atoms with Crippen LogP contribution in [0.1, 0.15) is 62.1 Å². The highest BCUT2D eigenvalue weighted by Gasteiger charge is 2.34. The normalized spacial score (nSPS) is 13.2. The minimum absolute atomic E-state index is 0.0373. The van der Waals surface area contributed by atoms with E-state index in [0.29, 0.717) is 22.4 Å². The highest BCUT2D eigenvalue weighted by molar-refractivity contribution is 5.97. The number of ether oxygens (including phenoxy) is 1. The van der Waals surface area contributed by atoms with E-state index in [2.05, 4.69) is 51.9 Å². The summed E-state index contributed by atoms with van der Waals surface area (Å²) in [4.78, 5) is 112. The predicted octanol–water partition coefficient (Wildman–Crippen LogP) is -2.52. The van der Waals surface area contributed by atoms with Crippen LogP contribution < -0.4 is 76.8 Å². The Kier molecular flexibility index (Phi) is 23.6. The van der Waals surface area contributed by atoms with Gasteiger partial charge in [-0.2, -0.15) is 0 Å². The summed E-state index contributed by atoms with van der Waals surface area (Å²) < 4.78 is 5.30. The number of carbonyl (C=O) groups is 7. The number of phenolic OH excluding ortho intramolecular Hbond substituents is 1. The van der Waals surface area contributed by atoms with Gasteiger partial charge in [0.1, 0.15) is 47.8 Å². The first-order chi connectivity index (χ1) is 36.2. The van der Waals surface area contributed by atoms with Crippen LogP contribution >= 0.6 is 0 Å². The zero-order chi connectivity index (χ0) is 55.7. The molecule has 22 N–H and O–H groups in total. The van der Waals surface area contributed by atoms with Crippen LogP contribution in [0.2, 0.25) is 0 Å². The van der Waals surface area contributed by atoms with Gasteiger partial charge in [-0.1, -0.05) is 42.5 Å². The van der Waals surface area contributed by atoms with E-state index in [-0.39, 0.29) is 101 Å². The lowest BCUT2D eigenvalue weighted by Crippen LogP contribution is -2.60. The van der Waals surface area contributed by atoms with Crippen LogP contribution in [0.15, 0.2) is 94.0 Å². The van der Waals surface area contributed by atoms with Crippen molar-refractivity contribution in [1.29, 1.82) is 0 Å². The van der Waals surface area contributed by atoms with E-state index < -0.39 is 77.6 Å². The molecule has 0 saturated carbocycles. The van der Waals surface area contributed by atoms with Gasteiger partial charge in [-0.15, -0.1) is 0 Å². The lowest BCUT2D eigenvalue weighted by Gasteiger charge is -2.28. The molecule has 0 aliphatic heterocycles. The Bertz CT molecular complexity index is 2680. The average Bonchev–Trinajstić information content (AvgIpc) is 3.78. The number of hydrogen-bond donors (Lipinski definition) is 15. The molecule has 1 aromatic heterocycles. The van der Waals surface area contributed by atoms with E-state index in [1.54, 1.807) is 36.5 Å². The van der Waals surface area contributed by atoms with Gasteiger partial charge in [0.2, 0.25) is 41.4 Å². The van der Waals surface area contributed by atoms with Gasteiger partial charge in [0, 0.05) is 62.9 Å². The molecule has 76 heavy (non-hydrogen) atoms. The molecule has 26 nitrogen and oxygen atoms in total. The third-order valence-corrected chi connectivity index (χ3v) is 11.8. The smallest absolute Gasteiger partial charge is 0.243 e. The largest absolute Gasteiger partial charge is 0.508 e. The Labute approximate surface area is 439 Å². The first-order valence-corrected chi connectivity index (χ1v) is 24.4. The van der Waals surface area contributed by atoms with Gasteiger partial charge in [0.15, 0.2) is 17.9 Å². The maximum absolute atomic E-state index is 14.8. The molecule has 4 rings (SSSR count). The van der Waals surface area contributed by atoms with Gasteiger partial charge < -0.3 is 86.9 Å². The van der Waals surface area contributed by atoms with E-state index >= 15 is 0 Å². The van der Waals surface area contributed by atoms with Crippen molar-refractivity contribution < 1.29 is 43.4 Å². The summed E-state index contributed by atoms with van der Waals surface area (Å²) in [6, 6.07) is 12.0. The molecule has 410 valence electrons. The van der Waals surface area contributed by atoms with Gasteiger partial charge in [-0.25, -0.2) is 0 Å². The Balaban J connectivity index is 1.71. The predicted molar refractivity (Wildman–Crippen MR) is 287 cm³/mol. The first-order valence-electron chi connectivity index (χ1n) is 24.4. The number of aromatic nitrogens is 1. The molecular formula is C50H71N17O9. The monoisotopic (exact) mass is 1050 g/mol. The van der Waals surface area contributed by atoms with Crippen molar-refractivity contribution in [3.8, 4) is 11.5 Å². The fourth-order valence-electron chi connectivity index (χ4n) is 7.95. The lowest BCUT2D eigenvalue weighted by atomic mass is 10.0. The molecule has 0 saturated heterocycles. The summed E-state index contributed by atoms with van der Waals surface area (Å²) in [7, 11) is 1.49. The summed E-state index contributed by atoms with van der Waals surface area (Å²) in [5.41, 5.74) is 41.2. The van der Waals surface area contributed by atoms with Crippen LogP contribution in [-0.2, 0) is 52.8 Å². The molecule has 0 aliphatic rings. The molecule has 3 aromatic carbocycles. The van der Waals surface area contributed by atoms with E-state index in [1.807, 2.05) is 18.2 Å². The van der Waals surface area contributed by atoms with Crippen molar-refractivity contribution in [2.24, 2.45) is 55.1 Å². The van der Waals surface area contributed by atoms with E-state index in [4.69, 9.17) is 44.9 Å². The maximum Gasteiger partial charge on any atom is 0.243 e. The number of nitrogens with zero attached hydrogens (tertiary/aromatic N) is 3. The number of rotatable bonds is 31. The third kappa shape index (κ3) is 20.4. The van der Waals surface area contributed by atoms with Crippen LogP contribution in [0.5, 0.6) is 11.5 Å². The molecular weight excluding hydrogens is 983 g/mol. The molecule has 26 heteroatoms. The number of amides is 7. The van der Waals surface area contributed by atoms with Crippen molar-refractivity contribution in [3.63, 3.8) is 0 Å². The number of carbonyl (C=O) groups excluding carboxylic acids is 7. The van der Waals surface area contributed by atoms with Gasteiger partial charge >= 0.3 is 0 Å². The summed E-state index contributed by atoms with van der Waals surface area (Å²) in [5.74, 6) is -5.44. The number of aliphatic imine (C=N–C) groups is 3. The number of para-hydroxylation sites is 1. The highest BCUT2D eigenvalue weighted by atomic mass is 16.5. The molecule has 4 aromatic rings. The number of fused-ring (bicyclic) bond motifs is 1. The summed E-state index contributed by atoms with van der Waals surface area (Å²) >= 11 is 0. The second-order valence-corrected chi connectivity index (χ2v) is 17.8. The average molecular weight is 1050 g/mol. The van der Waals surface area contributed by atoms with Crippen molar-refractivity contribution in [1.82, 2.24) is 36.9 Å². The summed E-state index contributed by atoms with van der Waals surface area (Å²) in [6.07, 6.45) is 2.06. The van der Waals surface area contributed by atoms with Crippen LogP contribution in [0, 0.1) is 0 Å². The number of primary amides is 1. The van der Waals surface area contributed by atoms with Gasteiger partial charge in [-0.3, -0.25) is 48.5 Å². The van der Waals surface area contributed by atoms with E-state index in [9.17, 15) is 38.7 Å². The second-order valence-electron chi connectivity index (χ2n) is 17.8. The van der Waals surface area contributed by atoms with Crippen LogP contribution in [-0.4, -0.2) is 132 Å². The Morgan fingerprint density at radius 2 is 0.921 bits per heavy atom. The first kappa shape index (κ1) is 59.5. The van der Waals surface area contributed by atoms with Crippen molar-refractivity contribution in [2.75, 3.05) is 26.7 Å². The molecule has 0 bridgehead atoms. The van der Waals surface area contributed by atoms with Gasteiger partial charge in [-0.05, 0) is 85.5 Å². The molecule has 0 unspecified atom stereocenters. The number of guanidine groups is 3. The van der Waals surface area contributed by atoms with Crippen molar-refractivity contribution in [2.45, 2.75) is 101 Å². The molecule has 0 aliphatic carbocycles. The second kappa shape index (κ2) is 30.2. The Hall–Kier alpha value is -9.10. The number of benzene rings is 3. The molecule has 6 atom stereocenters. The number of aromatic amines is 1. The quantitative estimate of drug-likeness (QED) is 0.0141. The molecule has 1 heterocycles. The Morgan fingerprint density at radius 3 is 1.37 bits per heavy atom. The molecule has 0 fully saturated rings. The van der Waals surface area contributed by atoms with Crippen LogP contribution in [0.25, 0.3) is 10.9 Å². The summed E-state index contributed by atoms with van der Waals surface area (Å²) in [5, 5.41) is 27.1. The standard InChI is InChI=1S/C50H71N17O9/c1-28(68)62-37(11-6-22-59-49(54)55)43(71)65-40(25-30-15-19-33(76-2)20-16-30)46(74)66-39(24-29-13-17-32(69)18-14-29)45(73)64-38(12-7-23-60-50(56)57)44(72)67-41(26-31-27-61-35-9-4-3-8-34(31)35)47(75)63-36(42(51)70)10-5-21-58-48(52)53/h3-4,8-9,13-20,27,36-41,61,69H,5-7,10-12,21-26H2,1-2H3,(H2,51,70)(H,62,68)(H,63,75)(H,64,73)(H,65,71)(H,66,74)(H,67,72)(H4,52,53,58)(H4,54,55,59)(H4,56,57,60)/t36-,37-,38-,39-,40-,41-/m0/s1.